The summed E-state index contributed by atoms with van der Waals surface area (Å²) in [5, 5.41) is 6.67. The van der Waals surface area contributed by atoms with Gasteiger partial charge in [-0.2, -0.15) is 5.10 Å². The van der Waals surface area contributed by atoms with Gasteiger partial charge in [0.05, 0.1) is 17.3 Å². The molecule has 0 fully saturated rings. The van der Waals surface area contributed by atoms with Crippen LogP contribution in [0.4, 0.5) is 5.69 Å². The third-order valence-electron chi connectivity index (χ3n) is 5.42. The first-order chi connectivity index (χ1) is 19.3. The number of nitrogens with zero attached hydrogens (tertiary/aromatic N) is 1. The van der Waals surface area contributed by atoms with Gasteiger partial charge in [0.15, 0.2) is 0 Å². The fraction of sp³-hybridized carbons (Fsp3) is 0.0333. The monoisotopic (exact) mass is 555 g/mol. The molecule has 0 saturated heterocycles. The van der Waals surface area contributed by atoms with Crippen LogP contribution in [0.15, 0.2) is 102 Å². The molecule has 0 spiro atoms. The number of esters is 2. The fourth-order valence-corrected chi connectivity index (χ4v) is 3.50. The first-order valence-electron chi connectivity index (χ1n) is 11.9. The van der Waals surface area contributed by atoms with Crippen LogP contribution in [0.2, 0.25) is 5.02 Å². The molecule has 0 aliphatic carbocycles. The minimum atomic E-state index is -1.04. The molecular formula is C30H22ClN3O6. The smallest absolute Gasteiger partial charge is 0.343 e. The van der Waals surface area contributed by atoms with Gasteiger partial charge in [-0.3, -0.25) is 9.59 Å². The minimum absolute atomic E-state index is 0.00367. The van der Waals surface area contributed by atoms with Crippen LogP contribution in [0.5, 0.6) is 11.5 Å². The lowest BCUT2D eigenvalue weighted by molar-refractivity contribution is -0.136. The molecule has 0 bridgehead atoms. The van der Waals surface area contributed by atoms with E-state index in [1.165, 1.54) is 30.5 Å². The molecule has 9 nitrogen and oxygen atoms in total. The number of amides is 2. The standard InChI is InChI=1S/C30H22ClN3O6/c1-19-12-14-23(16-25(19)31)33-27(35)28(36)34-32-18-22-13-15-24(39-29(37)20-8-4-2-5-9-20)17-26(22)40-30(38)21-10-6-3-7-11-21/h2-18H,1H3,(H,33,35)(H,34,36). The van der Waals surface area contributed by atoms with Crippen molar-refractivity contribution in [1.29, 1.82) is 0 Å². The summed E-state index contributed by atoms with van der Waals surface area (Å²) in [5.74, 6) is -3.15. The van der Waals surface area contributed by atoms with Crippen molar-refractivity contribution in [3.05, 3.63) is 124 Å². The molecule has 0 unspecified atom stereocenters. The van der Waals surface area contributed by atoms with Crippen molar-refractivity contribution in [2.24, 2.45) is 5.10 Å². The molecule has 0 aromatic heterocycles. The number of hydrogen-bond donors (Lipinski definition) is 2. The van der Waals surface area contributed by atoms with Gasteiger partial charge in [0.1, 0.15) is 11.5 Å². The van der Waals surface area contributed by atoms with Gasteiger partial charge >= 0.3 is 23.8 Å². The molecule has 40 heavy (non-hydrogen) atoms. The van der Waals surface area contributed by atoms with E-state index in [1.54, 1.807) is 79.7 Å². The van der Waals surface area contributed by atoms with Gasteiger partial charge in [-0.1, -0.05) is 54.1 Å². The van der Waals surface area contributed by atoms with E-state index in [0.717, 1.165) is 5.56 Å². The van der Waals surface area contributed by atoms with Crippen molar-refractivity contribution in [3.8, 4) is 11.5 Å². The van der Waals surface area contributed by atoms with Gasteiger partial charge in [0.2, 0.25) is 0 Å². The van der Waals surface area contributed by atoms with E-state index >= 15 is 0 Å². The van der Waals surface area contributed by atoms with E-state index in [0.29, 0.717) is 21.8 Å². The highest BCUT2D eigenvalue weighted by Crippen LogP contribution is 2.26. The van der Waals surface area contributed by atoms with Crippen molar-refractivity contribution >= 4 is 47.3 Å². The Morgan fingerprint density at radius 1 is 0.750 bits per heavy atom. The quantitative estimate of drug-likeness (QED) is 0.107. The topological polar surface area (TPSA) is 123 Å². The number of carbonyl (C=O) groups excluding carboxylic acids is 4. The molecule has 0 heterocycles. The molecule has 2 amide bonds. The normalized spacial score (nSPS) is 10.6. The maximum Gasteiger partial charge on any atom is 0.343 e. The average Bonchev–Trinajstić information content (AvgIpc) is 2.96. The van der Waals surface area contributed by atoms with Crippen LogP contribution < -0.4 is 20.2 Å². The summed E-state index contributed by atoms with van der Waals surface area (Å²) in [6.07, 6.45) is 1.18. The number of rotatable bonds is 7. The van der Waals surface area contributed by atoms with E-state index < -0.39 is 23.8 Å². The van der Waals surface area contributed by atoms with Crippen molar-refractivity contribution in [2.45, 2.75) is 6.92 Å². The highest BCUT2D eigenvalue weighted by atomic mass is 35.5. The predicted octanol–water partition coefficient (Wildman–Crippen LogP) is 5.18. The van der Waals surface area contributed by atoms with Crippen LogP contribution in [-0.4, -0.2) is 30.0 Å². The summed E-state index contributed by atoms with van der Waals surface area (Å²) < 4.78 is 11.0. The van der Waals surface area contributed by atoms with Gasteiger partial charge in [-0.05, 0) is 61.0 Å². The number of carbonyl (C=O) groups is 4. The molecule has 4 rings (SSSR count). The van der Waals surface area contributed by atoms with Crippen LogP contribution >= 0.6 is 11.6 Å². The molecule has 10 heteroatoms. The molecule has 0 saturated carbocycles. The largest absolute Gasteiger partial charge is 0.423 e. The SMILES string of the molecule is Cc1ccc(NC(=O)C(=O)NN=Cc2ccc(OC(=O)c3ccccc3)cc2OC(=O)c2ccccc2)cc1Cl. The summed E-state index contributed by atoms with van der Waals surface area (Å²) in [5.41, 5.74) is 4.17. The second-order valence-electron chi connectivity index (χ2n) is 8.33. The lowest BCUT2D eigenvalue weighted by Crippen LogP contribution is -2.32. The van der Waals surface area contributed by atoms with Crippen LogP contribution in [-0.2, 0) is 9.59 Å². The Hall–Kier alpha value is -5.28. The second kappa shape index (κ2) is 13.0. The summed E-state index contributed by atoms with van der Waals surface area (Å²) in [6, 6.07) is 25.8. The van der Waals surface area contributed by atoms with Crippen LogP contribution in [0.3, 0.4) is 0 Å². The number of anilines is 1. The van der Waals surface area contributed by atoms with Crippen molar-refractivity contribution < 1.29 is 28.7 Å². The Bertz CT molecular complexity index is 1590. The van der Waals surface area contributed by atoms with Gasteiger partial charge in [-0.15, -0.1) is 0 Å². The Labute approximate surface area is 234 Å². The number of halogens is 1. The molecular weight excluding hydrogens is 534 g/mol. The van der Waals surface area contributed by atoms with Crippen LogP contribution in [0, 0.1) is 6.92 Å². The highest BCUT2D eigenvalue weighted by molar-refractivity contribution is 6.39. The van der Waals surface area contributed by atoms with Crippen LogP contribution in [0.25, 0.3) is 0 Å². The zero-order valence-electron chi connectivity index (χ0n) is 21.1. The van der Waals surface area contributed by atoms with Gasteiger partial charge < -0.3 is 14.8 Å². The van der Waals surface area contributed by atoms with Crippen molar-refractivity contribution in [2.75, 3.05) is 5.32 Å². The molecule has 0 aliphatic heterocycles. The molecule has 4 aromatic rings. The number of hydrazone groups is 1. The Morgan fingerprint density at radius 3 is 2.00 bits per heavy atom. The van der Waals surface area contributed by atoms with E-state index in [9.17, 15) is 19.2 Å². The number of hydrogen-bond acceptors (Lipinski definition) is 7. The number of ether oxygens (including phenoxy) is 2. The van der Waals surface area contributed by atoms with Crippen molar-refractivity contribution in [1.82, 2.24) is 5.43 Å². The molecule has 4 aromatic carbocycles. The van der Waals surface area contributed by atoms with Gasteiger partial charge in [0.25, 0.3) is 0 Å². The molecule has 2 N–H and O–H groups in total. The molecule has 200 valence electrons. The summed E-state index contributed by atoms with van der Waals surface area (Å²) in [6.45, 7) is 1.81. The zero-order chi connectivity index (χ0) is 28.5. The summed E-state index contributed by atoms with van der Waals surface area (Å²) in [7, 11) is 0. The molecule has 0 aliphatic rings. The fourth-order valence-electron chi connectivity index (χ4n) is 3.32. The first-order valence-corrected chi connectivity index (χ1v) is 12.3. The maximum absolute atomic E-state index is 12.7. The summed E-state index contributed by atoms with van der Waals surface area (Å²) >= 11 is 6.05. The Morgan fingerprint density at radius 2 is 1.38 bits per heavy atom. The number of aryl methyl sites for hydroxylation is 1. The lowest BCUT2D eigenvalue weighted by atomic mass is 10.2. The third kappa shape index (κ3) is 7.40. The Balaban J connectivity index is 1.49. The number of benzene rings is 4. The van der Waals surface area contributed by atoms with Gasteiger partial charge in [-0.25, -0.2) is 15.0 Å². The first kappa shape index (κ1) is 27.7. The lowest BCUT2D eigenvalue weighted by Gasteiger charge is -2.10. The second-order valence-corrected chi connectivity index (χ2v) is 8.74. The van der Waals surface area contributed by atoms with E-state index in [2.05, 4.69) is 15.8 Å². The van der Waals surface area contributed by atoms with Crippen molar-refractivity contribution in [3.63, 3.8) is 0 Å². The predicted molar refractivity (Wildman–Crippen MR) is 150 cm³/mol. The zero-order valence-corrected chi connectivity index (χ0v) is 21.8. The third-order valence-corrected chi connectivity index (χ3v) is 5.83. The summed E-state index contributed by atoms with van der Waals surface area (Å²) in [4.78, 5) is 49.6. The molecule has 0 radical (unpaired) electrons. The van der Waals surface area contributed by atoms with E-state index in [1.807, 2.05) is 0 Å². The van der Waals surface area contributed by atoms with E-state index in [4.69, 9.17) is 21.1 Å². The van der Waals surface area contributed by atoms with Gasteiger partial charge in [0, 0.05) is 22.3 Å². The maximum atomic E-state index is 12.7. The Kier molecular flexibility index (Phi) is 9.01. The minimum Gasteiger partial charge on any atom is -0.423 e. The van der Waals surface area contributed by atoms with E-state index in [-0.39, 0.29) is 17.1 Å². The number of nitrogens with one attached hydrogen (secondary N) is 2. The highest BCUT2D eigenvalue weighted by Gasteiger charge is 2.16. The average molecular weight is 556 g/mol. The molecule has 0 atom stereocenters. The van der Waals surface area contributed by atoms with Crippen LogP contribution in [0.1, 0.15) is 31.8 Å².